The van der Waals surface area contributed by atoms with Gasteiger partial charge in [0.05, 0.1) is 18.5 Å². The van der Waals surface area contributed by atoms with Crippen molar-refractivity contribution in [1.29, 1.82) is 0 Å². The van der Waals surface area contributed by atoms with Gasteiger partial charge in [0.1, 0.15) is 0 Å². The third kappa shape index (κ3) is 4.00. The Hall–Kier alpha value is -3.58. The predicted octanol–water partition coefficient (Wildman–Crippen LogP) is 4.33. The third-order valence-electron chi connectivity index (χ3n) is 4.63. The highest BCUT2D eigenvalue weighted by Crippen LogP contribution is 2.28. The van der Waals surface area contributed by atoms with E-state index in [0.29, 0.717) is 18.4 Å². The molecule has 0 aliphatic heterocycles. The standard InChI is InChI=1S/C22H22N4O3/c1-14-8-17(11-18(9-14)26-7-6-23-22(26)27)20-12-24-21(29-20)25-19-10-16(13-28-3)5-4-15(19)2/h4-12H,13H2,1-3H3,(H,23,27)(H,24,25). The molecule has 0 fully saturated rings. The van der Waals surface area contributed by atoms with Gasteiger partial charge in [-0.2, -0.15) is 0 Å². The summed E-state index contributed by atoms with van der Waals surface area (Å²) in [5.41, 5.74) is 5.49. The lowest BCUT2D eigenvalue weighted by Gasteiger charge is -2.09. The molecule has 2 N–H and O–H groups in total. The van der Waals surface area contributed by atoms with Crippen LogP contribution in [0, 0.1) is 13.8 Å². The smallest absolute Gasteiger partial charge is 0.330 e. The zero-order valence-electron chi connectivity index (χ0n) is 16.5. The van der Waals surface area contributed by atoms with Gasteiger partial charge in [0.15, 0.2) is 5.76 Å². The summed E-state index contributed by atoms with van der Waals surface area (Å²) in [6, 6.07) is 12.3. The Kier molecular flexibility index (Phi) is 5.05. The van der Waals surface area contributed by atoms with Gasteiger partial charge in [-0.3, -0.25) is 4.57 Å². The van der Waals surface area contributed by atoms with Crippen LogP contribution < -0.4 is 11.0 Å². The lowest BCUT2D eigenvalue weighted by atomic mass is 10.1. The lowest BCUT2D eigenvalue weighted by Crippen LogP contribution is -2.14. The number of aryl methyl sites for hydroxylation is 2. The number of oxazole rings is 1. The van der Waals surface area contributed by atoms with Crippen molar-refractivity contribution < 1.29 is 9.15 Å². The zero-order chi connectivity index (χ0) is 20.4. The largest absolute Gasteiger partial charge is 0.423 e. The summed E-state index contributed by atoms with van der Waals surface area (Å²) < 4.78 is 12.7. The van der Waals surface area contributed by atoms with Gasteiger partial charge in [0, 0.05) is 30.8 Å². The van der Waals surface area contributed by atoms with Gasteiger partial charge >= 0.3 is 5.69 Å². The minimum atomic E-state index is -0.187. The highest BCUT2D eigenvalue weighted by atomic mass is 16.5. The van der Waals surface area contributed by atoms with Gasteiger partial charge in [-0.05, 0) is 54.8 Å². The molecule has 4 rings (SSSR count). The molecule has 0 saturated heterocycles. The number of rotatable bonds is 6. The van der Waals surface area contributed by atoms with Crippen LogP contribution in [0.3, 0.4) is 0 Å². The molecule has 2 aromatic heterocycles. The number of nitrogens with zero attached hydrogens (tertiary/aromatic N) is 2. The van der Waals surface area contributed by atoms with Gasteiger partial charge < -0.3 is 19.5 Å². The minimum Gasteiger partial charge on any atom is -0.423 e. The number of H-pyrrole nitrogens is 1. The lowest BCUT2D eigenvalue weighted by molar-refractivity contribution is 0.185. The summed E-state index contributed by atoms with van der Waals surface area (Å²) in [5.74, 6) is 0.617. The third-order valence-corrected chi connectivity index (χ3v) is 4.63. The van der Waals surface area contributed by atoms with Crippen LogP contribution in [0.5, 0.6) is 0 Å². The van der Waals surface area contributed by atoms with Crippen molar-refractivity contribution in [3.05, 3.63) is 82.2 Å². The fraction of sp³-hybridized carbons (Fsp3) is 0.182. The average Bonchev–Trinajstić information content (AvgIpc) is 3.33. The number of anilines is 2. The van der Waals surface area contributed by atoms with E-state index in [0.717, 1.165) is 33.6 Å². The molecular formula is C22H22N4O3. The number of ether oxygens (including phenoxy) is 1. The number of aromatic nitrogens is 3. The molecule has 2 aromatic carbocycles. The monoisotopic (exact) mass is 390 g/mol. The SMILES string of the molecule is COCc1ccc(C)c(Nc2ncc(-c3cc(C)cc(-n4cc[nH]c4=O)c3)o2)c1. The maximum Gasteiger partial charge on any atom is 0.330 e. The normalized spacial score (nSPS) is 11.0. The van der Waals surface area contributed by atoms with E-state index >= 15 is 0 Å². The minimum absolute atomic E-state index is 0.187. The molecule has 148 valence electrons. The predicted molar refractivity (Wildman–Crippen MR) is 112 cm³/mol. The molecule has 7 nitrogen and oxygen atoms in total. The fourth-order valence-corrected chi connectivity index (χ4v) is 3.21. The van der Waals surface area contributed by atoms with Crippen molar-refractivity contribution in [2.75, 3.05) is 12.4 Å². The average molecular weight is 390 g/mol. The Morgan fingerprint density at radius 2 is 2.07 bits per heavy atom. The highest BCUT2D eigenvalue weighted by molar-refractivity contribution is 5.64. The van der Waals surface area contributed by atoms with Crippen LogP contribution >= 0.6 is 0 Å². The summed E-state index contributed by atoms with van der Waals surface area (Å²) in [5, 5.41) is 3.23. The van der Waals surface area contributed by atoms with Crippen LogP contribution in [-0.2, 0) is 11.3 Å². The second-order valence-electron chi connectivity index (χ2n) is 6.93. The molecule has 0 radical (unpaired) electrons. The quantitative estimate of drug-likeness (QED) is 0.512. The van der Waals surface area contributed by atoms with Crippen molar-refractivity contribution in [3.8, 4) is 17.0 Å². The zero-order valence-corrected chi connectivity index (χ0v) is 16.5. The molecule has 4 aromatic rings. The van der Waals surface area contributed by atoms with E-state index in [9.17, 15) is 4.79 Å². The molecule has 0 saturated carbocycles. The Labute approximate surface area is 168 Å². The Bertz CT molecular complexity index is 1200. The molecule has 29 heavy (non-hydrogen) atoms. The first-order valence-electron chi connectivity index (χ1n) is 9.23. The van der Waals surface area contributed by atoms with E-state index < -0.39 is 0 Å². The van der Waals surface area contributed by atoms with Gasteiger partial charge in [-0.25, -0.2) is 9.78 Å². The maximum absolute atomic E-state index is 11.9. The van der Waals surface area contributed by atoms with Crippen LogP contribution in [0.2, 0.25) is 0 Å². The van der Waals surface area contributed by atoms with Crippen LogP contribution in [0.1, 0.15) is 16.7 Å². The highest BCUT2D eigenvalue weighted by Gasteiger charge is 2.11. The molecular weight excluding hydrogens is 368 g/mol. The van der Waals surface area contributed by atoms with Gasteiger partial charge in [0.2, 0.25) is 0 Å². The van der Waals surface area contributed by atoms with Gasteiger partial charge in [-0.1, -0.05) is 12.1 Å². The molecule has 0 unspecified atom stereocenters. The number of imidazole rings is 1. The summed E-state index contributed by atoms with van der Waals surface area (Å²) >= 11 is 0. The van der Waals surface area contributed by atoms with Crippen molar-refractivity contribution in [1.82, 2.24) is 14.5 Å². The molecule has 0 bridgehead atoms. The van der Waals surface area contributed by atoms with Crippen molar-refractivity contribution in [3.63, 3.8) is 0 Å². The summed E-state index contributed by atoms with van der Waals surface area (Å²) in [6.07, 6.45) is 4.99. The van der Waals surface area contributed by atoms with Crippen LogP contribution in [0.4, 0.5) is 11.7 Å². The van der Waals surface area contributed by atoms with Crippen LogP contribution in [0.25, 0.3) is 17.0 Å². The Morgan fingerprint density at radius 1 is 1.21 bits per heavy atom. The fourth-order valence-electron chi connectivity index (χ4n) is 3.21. The topological polar surface area (TPSA) is 85.1 Å². The van der Waals surface area contributed by atoms with Crippen LogP contribution in [0.15, 0.2) is 64.2 Å². The molecule has 0 amide bonds. The van der Waals surface area contributed by atoms with E-state index in [-0.39, 0.29) is 5.69 Å². The molecule has 0 spiro atoms. The van der Waals surface area contributed by atoms with Gasteiger partial charge in [0.25, 0.3) is 6.01 Å². The van der Waals surface area contributed by atoms with Crippen molar-refractivity contribution in [2.24, 2.45) is 0 Å². The summed E-state index contributed by atoms with van der Waals surface area (Å²) in [6.45, 7) is 4.53. The molecule has 7 heteroatoms. The van der Waals surface area contributed by atoms with Gasteiger partial charge in [-0.15, -0.1) is 0 Å². The number of nitrogens with one attached hydrogen (secondary N) is 2. The second kappa shape index (κ2) is 7.81. The summed E-state index contributed by atoms with van der Waals surface area (Å²) in [4.78, 5) is 19.0. The van der Waals surface area contributed by atoms with Crippen molar-refractivity contribution in [2.45, 2.75) is 20.5 Å². The number of aromatic amines is 1. The summed E-state index contributed by atoms with van der Waals surface area (Å²) in [7, 11) is 1.67. The second-order valence-corrected chi connectivity index (χ2v) is 6.93. The van der Waals surface area contributed by atoms with E-state index in [1.807, 2.05) is 50.2 Å². The first kappa shape index (κ1) is 18.8. The molecule has 0 aliphatic carbocycles. The number of methoxy groups -OCH3 is 1. The molecule has 0 atom stereocenters. The number of hydrogen-bond acceptors (Lipinski definition) is 5. The first-order chi connectivity index (χ1) is 14.0. The maximum atomic E-state index is 11.9. The number of benzene rings is 2. The van der Waals surface area contributed by atoms with E-state index in [1.165, 1.54) is 0 Å². The van der Waals surface area contributed by atoms with E-state index in [4.69, 9.17) is 9.15 Å². The Morgan fingerprint density at radius 3 is 2.83 bits per heavy atom. The molecule has 2 heterocycles. The van der Waals surface area contributed by atoms with E-state index in [1.54, 1.807) is 30.3 Å². The number of hydrogen-bond donors (Lipinski definition) is 2. The van der Waals surface area contributed by atoms with Crippen molar-refractivity contribution >= 4 is 11.7 Å². The Balaban J connectivity index is 1.63. The first-order valence-corrected chi connectivity index (χ1v) is 9.23. The van der Waals surface area contributed by atoms with Crippen LogP contribution in [-0.4, -0.2) is 21.6 Å². The molecule has 0 aliphatic rings. The van der Waals surface area contributed by atoms with E-state index in [2.05, 4.69) is 15.3 Å².